The zero-order valence-corrected chi connectivity index (χ0v) is 16.6. The number of aryl methyl sites for hydroxylation is 1. The summed E-state index contributed by atoms with van der Waals surface area (Å²) in [7, 11) is 0. The van der Waals surface area contributed by atoms with Gasteiger partial charge in [-0.05, 0) is 61.2 Å². The molecule has 0 unspecified atom stereocenters. The number of amides is 1. The van der Waals surface area contributed by atoms with Gasteiger partial charge >= 0.3 is 0 Å². The number of anilines is 1. The van der Waals surface area contributed by atoms with Gasteiger partial charge in [0.15, 0.2) is 6.61 Å². The van der Waals surface area contributed by atoms with Crippen molar-refractivity contribution < 1.29 is 9.53 Å². The van der Waals surface area contributed by atoms with E-state index in [4.69, 9.17) is 27.9 Å². The van der Waals surface area contributed by atoms with Crippen molar-refractivity contribution in [3.63, 3.8) is 0 Å². The van der Waals surface area contributed by atoms with Crippen LogP contribution in [-0.2, 0) is 4.79 Å². The van der Waals surface area contributed by atoms with Gasteiger partial charge in [0.05, 0.1) is 11.2 Å². The summed E-state index contributed by atoms with van der Waals surface area (Å²) in [6.07, 6.45) is 4.13. The third-order valence-electron chi connectivity index (χ3n) is 4.37. The Labute approximate surface area is 168 Å². The first-order valence-corrected chi connectivity index (χ1v) is 9.54. The van der Waals surface area contributed by atoms with Crippen LogP contribution in [0, 0.1) is 6.92 Å². The first-order valence-electron chi connectivity index (χ1n) is 8.78. The van der Waals surface area contributed by atoms with Crippen molar-refractivity contribution in [2.75, 3.05) is 24.6 Å². The average molecular weight is 406 g/mol. The Morgan fingerprint density at radius 1 is 1.22 bits per heavy atom. The molecule has 0 saturated carbocycles. The van der Waals surface area contributed by atoms with Crippen LogP contribution in [0.1, 0.15) is 24.0 Å². The van der Waals surface area contributed by atoms with E-state index in [1.165, 1.54) is 18.5 Å². The molecule has 1 N–H and O–H groups in total. The Bertz CT molecular complexity index is 849. The van der Waals surface area contributed by atoms with Crippen molar-refractivity contribution >= 4 is 41.0 Å². The van der Waals surface area contributed by atoms with E-state index in [-0.39, 0.29) is 12.5 Å². The van der Waals surface area contributed by atoms with E-state index in [1.807, 2.05) is 13.0 Å². The number of ether oxygens (including phenoxy) is 1. The number of benzene rings is 2. The summed E-state index contributed by atoms with van der Waals surface area (Å²) in [4.78, 5) is 14.3. The van der Waals surface area contributed by atoms with E-state index >= 15 is 0 Å². The molecule has 27 heavy (non-hydrogen) atoms. The summed E-state index contributed by atoms with van der Waals surface area (Å²) < 4.78 is 5.37. The molecule has 0 aliphatic carbocycles. The fourth-order valence-electron chi connectivity index (χ4n) is 2.92. The van der Waals surface area contributed by atoms with Gasteiger partial charge < -0.3 is 9.64 Å². The van der Waals surface area contributed by atoms with E-state index in [2.05, 4.69) is 27.6 Å². The summed E-state index contributed by atoms with van der Waals surface area (Å²) in [5.41, 5.74) is 5.76. The summed E-state index contributed by atoms with van der Waals surface area (Å²) in [6, 6.07) is 11.1. The highest BCUT2D eigenvalue weighted by Crippen LogP contribution is 2.27. The van der Waals surface area contributed by atoms with E-state index in [0.717, 1.165) is 24.2 Å². The summed E-state index contributed by atoms with van der Waals surface area (Å²) in [5.74, 6) is 0.0251. The van der Waals surface area contributed by atoms with Crippen LogP contribution in [0.2, 0.25) is 10.0 Å². The second-order valence-electron chi connectivity index (χ2n) is 6.39. The van der Waals surface area contributed by atoms with Crippen molar-refractivity contribution in [2.24, 2.45) is 5.10 Å². The topological polar surface area (TPSA) is 53.9 Å². The van der Waals surface area contributed by atoms with Gasteiger partial charge in [-0.3, -0.25) is 4.79 Å². The average Bonchev–Trinajstić information content (AvgIpc) is 3.17. The van der Waals surface area contributed by atoms with Crippen molar-refractivity contribution in [1.29, 1.82) is 0 Å². The number of carbonyl (C=O) groups excluding carboxylic acids is 1. The zero-order chi connectivity index (χ0) is 19.2. The summed E-state index contributed by atoms with van der Waals surface area (Å²) in [6.45, 7) is 4.07. The molecule has 1 heterocycles. The minimum absolute atomic E-state index is 0.189. The van der Waals surface area contributed by atoms with E-state index in [1.54, 1.807) is 24.4 Å². The van der Waals surface area contributed by atoms with Crippen LogP contribution in [0.15, 0.2) is 41.5 Å². The van der Waals surface area contributed by atoms with Gasteiger partial charge in [-0.25, -0.2) is 5.43 Å². The van der Waals surface area contributed by atoms with Crippen molar-refractivity contribution in [3.05, 3.63) is 57.6 Å². The Kier molecular flexibility index (Phi) is 6.58. The maximum absolute atomic E-state index is 11.9. The SMILES string of the molecule is Cc1cc(N2CCCC2)ccc1/C=N/NC(=O)COc1ccc(Cl)cc1Cl. The molecule has 2 aromatic carbocycles. The summed E-state index contributed by atoms with van der Waals surface area (Å²) >= 11 is 11.8. The molecular formula is C20H21Cl2N3O2. The molecule has 5 nitrogen and oxygen atoms in total. The number of nitrogens with zero attached hydrogens (tertiary/aromatic N) is 2. The molecule has 1 saturated heterocycles. The highest BCUT2D eigenvalue weighted by molar-refractivity contribution is 6.35. The first kappa shape index (κ1) is 19.5. The number of hydrazone groups is 1. The highest BCUT2D eigenvalue weighted by Gasteiger charge is 2.12. The van der Waals surface area contributed by atoms with Crippen LogP contribution < -0.4 is 15.1 Å². The molecule has 1 fully saturated rings. The van der Waals surface area contributed by atoms with Gasteiger partial charge in [0, 0.05) is 23.8 Å². The zero-order valence-electron chi connectivity index (χ0n) is 15.0. The van der Waals surface area contributed by atoms with Crippen molar-refractivity contribution in [3.8, 4) is 5.75 Å². The molecule has 0 bridgehead atoms. The van der Waals surface area contributed by atoms with E-state index in [0.29, 0.717) is 15.8 Å². The third kappa shape index (κ3) is 5.37. The second kappa shape index (κ2) is 9.11. The quantitative estimate of drug-likeness (QED) is 0.571. The van der Waals surface area contributed by atoms with Crippen LogP contribution in [0.5, 0.6) is 5.75 Å². The van der Waals surface area contributed by atoms with Crippen LogP contribution in [0.3, 0.4) is 0 Å². The minimum Gasteiger partial charge on any atom is -0.482 e. The Morgan fingerprint density at radius 3 is 2.70 bits per heavy atom. The predicted molar refractivity (Wildman–Crippen MR) is 110 cm³/mol. The van der Waals surface area contributed by atoms with E-state index < -0.39 is 0 Å². The van der Waals surface area contributed by atoms with Crippen LogP contribution in [0.4, 0.5) is 5.69 Å². The number of carbonyl (C=O) groups is 1. The molecular weight excluding hydrogens is 385 g/mol. The van der Waals surface area contributed by atoms with Gasteiger partial charge in [-0.2, -0.15) is 5.10 Å². The molecule has 0 atom stereocenters. The van der Waals surface area contributed by atoms with Gasteiger partial charge in [-0.1, -0.05) is 29.3 Å². The maximum atomic E-state index is 11.9. The Balaban J connectivity index is 1.51. The van der Waals surface area contributed by atoms with E-state index in [9.17, 15) is 4.79 Å². The van der Waals surface area contributed by atoms with Gasteiger partial charge in [0.2, 0.25) is 0 Å². The minimum atomic E-state index is -0.372. The lowest BCUT2D eigenvalue weighted by Gasteiger charge is -2.18. The Hall–Kier alpha value is -2.24. The fourth-order valence-corrected chi connectivity index (χ4v) is 3.38. The van der Waals surface area contributed by atoms with Gasteiger partial charge in [-0.15, -0.1) is 0 Å². The first-order chi connectivity index (χ1) is 13.0. The number of rotatable bonds is 6. The van der Waals surface area contributed by atoms with Gasteiger partial charge in [0.25, 0.3) is 5.91 Å². The summed E-state index contributed by atoms with van der Waals surface area (Å²) in [5, 5.41) is 4.87. The monoisotopic (exact) mass is 405 g/mol. The number of halogens is 2. The lowest BCUT2D eigenvalue weighted by molar-refractivity contribution is -0.123. The largest absolute Gasteiger partial charge is 0.482 e. The lowest BCUT2D eigenvalue weighted by Crippen LogP contribution is -2.24. The van der Waals surface area contributed by atoms with Crippen LogP contribution in [0.25, 0.3) is 0 Å². The number of hydrogen-bond acceptors (Lipinski definition) is 4. The predicted octanol–water partition coefficient (Wildman–Crippen LogP) is 4.43. The second-order valence-corrected chi connectivity index (χ2v) is 7.24. The molecule has 3 rings (SSSR count). The van der Waals surface area contributed by atoms with Crippen molar-refractivity contribution in [1.82, 2.24) is 5.43 Å². The molecule has 1 aliphatic rings. The molecule has 2 aromatic rings. The molecule has 1 amide bonds. The molecule has 1 aliphatic heterocycles. The standard InChI is InChI=1S/C20H21Cl2N3O2/c1-14-10-17(25-8-2-3-9-25)6-4-15(14)12-23-24-20(26)13-27-19-7-5-16(21)11-18(19)22/h4-7,10-12H,2-3,8-9,13H2,1H3,(H,24,26)/b23-12+. The lowest BCUT2D eigenvalue weighted by atomic mass is 10.1. The van der Waals surface area contributed by atoms with Gasteiger partial charge in [0.1, 0.15) is 5.75 Å². The van der Waals surface area contributed by atoms with Crippen LogP contribution in [-0.4, -0.2) is 31.8 Å². The number of hydrogen-bond donors (Lipinski definition) is 1. The number of nitrogens with one attached hydrogen (secondary N) is 1. The fraction of sp³-hybridized carbons (Fsp3) is 0.300. The Morgan fingerprint density at radius 2 is 2.00 bits per heavy atom. The third-order valence-corrected chi connectivity index (χ3v) is 4.90. The molecule has 7 heteroatoms. The highest BCUT2D eigenvalue weighted by atomic mass is 35.5. The smallest absolute Gasteiger partial charge is 0.277 e. The molecule has 0 aromatic heterocycles. The van der Waals surface area contributed by atoms with Crippen molar-refractivity contribution in [2.45, 2.75) is 19.8 Å². The molecule has 0 spiro atoms. The molecule has 0 radical (unpaired) electrons. The molecule has 142 valence electrons. The normalized spacial score (nSPS) is 14.0. The maximum Gasteiger partial charge on any atom is 0.277 e. The van der Waals surface area contributed by atoms with Crippen LogP contribution >= 0.6 is 23.2 Å².